The van der Waals surface area contributed by atoms with E-state index in [1.54, 1.807) is 0 Å². The van der Waals surface area contributed by atoms with E-state index >= 15 is 0 Å². The molecular weight excluding hydrogens is 192 g/mol. The number of hydrogen-bond donors (Lipinski definition) is 1. The molecule has 0 saturated heterocycles. The Bertz CT molecular complexity index is 310. The van der Waals surface area contributed by atoms with Gasteiger partial charge in [0.05, 0.1) is 12.3 Å². The van der Waals surface area contributed by atoms with Crippen LogP contribution in [-0.4, -0.2) is 22.8 Å². The van der Waals surface area contributed by atoms with Crippen LogP contribution in [0.5, 0.6) is 0 Å². The number of carbonyl (C=O) groups is 1. The topological polar surface area (TPSA) is 55.0 Å². The molecule has 0 saturated carbocycles. The van der Waals surface area contributed by atoms with E-state index in [0.29, 0.717) is 6.61 Å². The summed E-state index contributed by atoms with van der Waals surface area (Å²) in [6, 6.07) is 0. The number of esters is 1. The van der Waals surface area contributed by atoms with Gasteiger partial charge in [0.2, 0.25) is 0 Å². The first-order chi connectivity index (χ1) is 7.19. The predicted molar refractivity (Wildman–Crippen MR) is 57.7 cm³/mol. The molecule has 0 spiro atoms. The van der Waals surface area contributed by atoms with Crippen molar-refractivity contribution in [2.75, 3.05) is 6.61 Å². The van der Waals surface area contributed by atoms with Crippen molar-refractivity contribution < 1.29 is 9.53 Å². The lowest BCUT2D eigenvalue weighted by molar-refractivity contribution is -0.140. The SMILES string of the molecule is CCc1n[nH]c(CC)c1CCOC(C)=O. The first kappa shape index (κ1) is 11.8. The first-order valence-electron chi connectivity index (χ1n) is 5.37. The molecule has 0 aromatic carbocycles. The second-order valence-electron chi connectivity index (χ2n) is 3.42. The highest BCUT2D eigenvalue weighted by Crippen LogP contribution is 2.13. The fourth-order valence-corrected chi connectivity index (χ4v) is 1.62. The summed E-state index contributed by atoms with van der Waals surface area (Å²) in [6.07, 6.45) is 2.59. The van der Waals surface area contributed by atoms with Gasteiger partial charge >= 0.3 is 5.97 Å². The number of aromatic amines is 1. The molecule has 4 heteroatoms. The molecule has 0 amide bonds. The molecule has 1 N–H and O–H groups in total. The number of aromatic nitrogens is 2. The van der Waals surface area contributed by atoms with Crippen LogP contribution >= 0.6 is 0 Å². The third kappa shape index (κ3) is 3.08. The molecule has 84 valence electrons. The maximum atomic E-state index is 10.6. The Morgan fingerprint density at radius 2 is 2.13 bits per heavy atom. The lowest BCUT2D eigenvalue weighted by atomic mass is 10.1. The molecule has 0 unspecified atom stereocenters. The van der Waals surface area contributed by atoms with Crippen LogP contribution in [0.3, 0.4) is 0 Å². The molecular formula is C11H18N2O2. The van der Waals surface area contributed by atoms with Gasteiger partial charge in [-0.15, -0.1) is 0 Å². The van der Waals surface area contributed by atoms with Gasteiger partial charge in [-0.25, -0.2) is 0 Å². The van der Waals surface area contributed by atoms with Gasteiger partial charge in [0.1, 0.15) is 0 Å². The highest BCUT2D eigenvalue weighted by Gasteiger charge is 2.10. The Hall–Kier alpha value is -1.32. The minimum atomic E-state index is -0.227. The standard InChI is InChI=1S/C11H18N2O2/c1-4-10-9(6-7-15-8(3)14)11(5-2)13-12-10/h4-7H2,1-3H3,(H,12,13). The smallest absolute Gasteiger partial charge is 0.302 e. The Balaban J connectivity index is 2.64. The number of H-pyrrole nitrogens is 1. The van der Waals surface area contributed by atoms with E-state index in [9.17, 15) is 4.79 Å². The van der Waals surface area contributed by atoms with Crippen LogP contribution < -0.4 is 0 Å². The highest BCUT2D eigenvalue weighted by atomic mass is 16.5. The maximum absolute atomic E-state index is 10.6. The van der Waals surface area contributed by atoms with Crippen molar-refractivity contribution in [2.45, 2.75) is 40.0 Å². The van der Waals surface area contributed by atoms with E-state index in [1.165, 1.54) is 12.5 Å². The van der Waals surface area contributed by atoms with E-state index in [0.717, 1.165) is 30.7 Å². The molecule has 1 aromatic heterocycles. The highest BCUT2D eigenvalue weighted by molar-refractivity contribution is 5.65. The number of carbonyl (C=O) groups excluding carboxylic acids is 1. The normalized spacial score (nSPS) is 10.3. The van der Waals surface area contributed by atoms with Crippen molar-refractivity contribution in [2.24, 2.45) is 0 Å². The quantitative estimate of drug-likeness (QED) is 0.752. The lowest BCUT2D eigenvalue weighted by Crippen LogP contribution is -2.05. The second kappa shape index (κ2) is 5.53. The van der Waals surface area contributed by atoms with Crippen molar-refractivity contribution in [3.8, 4) is 0 Å². The van der Waals surface area contributed by atoms with Crippen LogP contribution in [0.15, 0.2) is 0 Å². The average molecular weight is 210 g/mol. The summed E-state index contributed by atoms with van der Waals surface area (Å²) in [5, 5.41) is 7.26. The van der Waals surface area contributed by atoms with Gasteiger partial charge in [-0.1, -0.05) is 13.8 Å². The summed E-state index contributed by atoms with van der Waals surface area (Å²) in [5.74, 6) is -0.227. The molecule has 1 rings (SSSR count). The zero-order chi connectivity index (χ0) is 11.3. The Morgan fingerprint density at radius 1 is 1.40 bits per heavy atom. The van der Waals surface area contributed by atoms with Gasteiger partial charge in [0.25, 0.3) is 0 Å². The van der Waals surface area contributed by atoms with E-state index in [-0.39, 0.29) is 5.97 Å². The van der Waals surface area contributed by atoms with E-state index in [4.69, 9.17) is 4.74 Å². The van der Waals surface area contributed by atoms with Crippen molar-refractivity contribution >= 4 is 5.97 Å². The number of aryl methyl sites for hydroxylation is 2. The number of nitrogens with zero attached hydrogens (tertiary/aromatic N) is 1. The van der Waals surface area contributed by atoms with Gasteiger partial charge in [0.15, 0.2) is 0 Å². The predicted octanol–water partition coefficient (Wildman–Crippen LogP) is 1.64. The zero-order valence-corrected chi connectivity index (χ0v) is 9.59. The van der Waals surface area contributed by atoms with Gasteiger partial charge in [-0.05, 0) is 18.4 Å². The second-order valence-corrected chi connectivity index (χ2v) is 3.42. The van der Waals surface area contributed by atoms with Crippen LogP contribution in [0.25, 0.3) is 0 Å². The number of rotatable bonds is 5. The van der Waals surface area contributed by atoms with Gasteiger partial charge in [-0.2, -0.15) is 5.10 Å². The average Bonchev–Trinajstić information content (AvgIpc) is 2.59. The number of hydrogen-bond acceptors (Lipinski definition) is 3. The first-order valence-corrected chi connectivity index (χ1v) is 5.37. The van der Waals surface area contributed by atoms with E-state index in [2.05, 4.69) is 24.0 Å². The summed E-state index contributed by atoms with van der Waals surface area (Å²) in [7, 11) is 0. The molecule has 15 heavy (non-hydrogen) atoms. The molecule has 0 radical (unpaired) electrons. The zero-order valence-electron chi connectivity index (χ0n) is 9.59. The van der Waals surface area contributed by atoms with Gasteiger partial charge in [0, 0.05) is 19.0 Å². The molecule has 1 aromatic rings. The molecule has 0 atom stereocenters. The van der Waals surface area contributed by atoms with Crippen LogP contribution in [0, 0.1) is 0 Å². The third-order valence-corrected chi connectivity index (χ3v) is 2.38. The van der Waals surface area contributed by atoms with Crippen molar-refractivity contribution in [3.63, 3.8) is 0 Å². The monoisotopic (exact) mass is 210 g/mol. The van der Waals surface area contributed by atoms with Crippen LogP contribution in [0.1, 0.15) is 37.7 Å². The summed E-state index contributed by atoms with van der Waals surface area (Å²) in [6.45, 7) is 6.03. The summed E-state index contributed by atoms with van der Waals surface area (Å²) in [5.41, 5.74) is 3.44. The van der Waals surface area contributed by atoms with Crippen LogP contribution in [0.2, 0.25) is 0 Å². The molecule has 0 fully saturated rings. The minimum Gasteiger partial charge on any atom is -0.466 e. The Kier molecular flexibility index (Phi) is 4.34. The van der Waals surface area contributed by atoms with Gasteiger partial charge < -0.3 is 4.74 Å². The molecule has 0 aliphatic carbocycles. The molecule has 0 aliphatic rings. The molecule has 4 nitrogen and oxygen atoms in total. The molecule has 1 heterocycles. The minimum absolute atomic E-state index is 0.227. The Morgan fingerprint density at radius 3 is 2.67 bits per heavy atom. The lowest BCUT2D eigenvalue weighted by Gasteiger charge is -2.04. The summed E-state index contributed by atoms with van der Waals surface area (Å²) >= 11 is 0. The van der Waals surface area contributed by atoms with Crippen LogP contribution in [0.4, 0.5) is 0 Å². The summed E-state index contributed by atoms with van der Waals surface area (Å²) in [4.78, 5) is 10.6. The van der Waals surface area contributed by atoms with Crippen molar-refractivity contribution in [1.82, 2.24) is 10.2 Å². The molecule has 0 aliphatic heterocycles. The fraction of sp³-hybridized carbons (Fsp3) is 0.636. The van der Waals surface area contributed by atoms with Crippen molar-refractivity contribution in [1.29, 1.82) is 0 Å². The molecule has 0 bridgehead atoms. The maximum Gasteiger partial charge on any atom is 0.302 e. The van der Waals surface area contributed by atoms with Crippen molar-refractivity contribution in [3.05, 3.63) is 17.0 Å². The van der Waals surface area contributed by atoms with Crippen LogP contribution in [-0.2, 0) is 28.8 Å². The van der Waals surface area contributed by atoms with E-state index in [1.807, 2.05) is 0 Å². The fourth-order valence-electron chi connectivity index (χ4n) is 1.62. The van der Waals surface area contributed by atoms with E-state index < -0.39 is 0 Å². The largest absolute Gasteiger partial charge is 0.466 e. The summed E-state index contributed by atoms with van der Waals surface area (Å²) < 4.78 is 4.93. The number of ether oxygens (including phenoxy) is 1. The third-order valence-electron chi connectivity index (χ3n) is 2.38. The van der Waals surface area contributed by atoms with Gasteiger partial charge in [-0.3, -0.25) is 9.89 Å². The Labute approximate surface area is 90.0 Å². The number of nitrogens with one attached hydrogen (secondary N) is 1.